The lowest BCUT2D eigenvalue weighted by Crippen LogP contribution is -2.43. The average molecular weight is 638 g/mol. The van der Waals surface area contributed by atoms with Crippen molar-refractivity contribution in [2.45, 2.75) is 86.4 Å². The van der Waals surface area contributed by atoms with Gasteiger partial charge in [0.2, 0.25) is 0 Å². The molecule has 2 bridgehead atoms. The summed E-state index contributed by atoms with van der Waals surface area (Å²) in [5.74, 6) is -0.860. The minimum atomic E-state index is -0.566. The zero-order valence-electron chi connectivity index (χ0n) is 26.5. The zero-order chi connectivity index (χ0) is 30.3. The minimum Gasteiger partial charge on any atom is -0.462 e. The van der Waals surface area contributed by atoms with Gasteiger partial charge in [-0.15, -0.1) is 12.4 Å². The van der Waals surface area contributed by atoms with Crippen molar-refractivity contribution in [3.8, 4) is 0 Å². The fourth-order valence-electron chi connectivity index (χ4n) is 6.91. The maximum atomic E-state index is 12.4. The summed E-state index contributed by atoms with van der Waals surface area (Å²) in [5.41, 5.74) is 3.50. The van der Waals surface area contributed by atoms with Gasteiger partial charge in [-0.25, -0.2) is 0 Å². The summed E-state index contributed by atoms with van der Waals surface area (Å²) in [6.07, 6.45) is 4.26. The Hall–Kier alpha value is -2.55. The van der Waals surface area contributed by atoms with Gasteiger partial charge in [-0.3, -0.25) is 9.69 Å². The second-order valence-electron chi connectivity index (χ2n) is 11.9. The van der Waals surface area contributed by atoms with Crippen molar-refractivity contribution in [2.75, 3.05) is 38.2 Å². The van der Waals surface area contributed by atoms with E-state index in [1.165, 1.54) is 34.0 Å². The molecule has 0 spiro atoms. The van der Waals surface area contributed by atoms with Gasteiger partial charge in [0.15, 0.2) is 0 Å². The number of halogens is 1. The van der Waals surface area contributed by atoms with E-state index >= 15 is 0 Å². The van der Waals surface area contributed by atoms with Crippen LogP contribution in [0, 0.1) is 0 Å². The van der Waals surface area contributed by atoms with Crippen molar-refractivity contribution < 1.29 is 14.6 Å². The fourth-order valence-corrected chi connectivity index (χ4v) is 8.01. The number of para-hydroxylation sites is 2. The molecule has 3 heterocycles. The highest BCUT2D eigenvalue weighted by molar-refractivity contribution is 7.99. The Labute approximate surface area is 274 Å². The van der Waals surface area contributed by atoms with Crippen molar-refractivity contribution >= 4 is 41.5 Å². The van der Waals surface area contributed by atoms with Crippen LogP contribution in [-0.4, -0.2) is 78.4 Å². The van der Waals surface area contributed by atoms with Gasteiger partial charge in [0, 0.05) is 34.5 Å². The predicted octanol–water partition coefficient (Wildman–Crippen LogP) is 7.37. The zero-order valence-corrected chi connectivity index (χ0v) is 28.1. The second kappa shape index (κ2) is 16.1. The first kappa shape index (κ1) is 34.3. The number of hydrogen-bond donors (Lipinski definition) is 1. The van der Waals surface area contributed by atoms with E-state index in [0.29, 0.717) is 18.1 Å². The molecular formula is C36H48ClN3O3S. The molecule has 1 N–H and O–H groups in total. The molecule has 0 aliphatic carbocycles. The number of likely N-dealkylation sites (N-methyl/N-ethyl adjacent to an activating group) is 1. The monoisotopic (exact) mass is 637 g/mol. The van der Waals surface area contributed by atoms with E-state index in [1.807, 2.05) is 42.1 Å². The van der Waals surface area contributed by atoms with Crippen molar-refractivity contribution in [3.63, 3.8) is 0 Å². The first-order valence-electron chi connectivity index (χ1n) is 15.9. The SMILES string of the molecule is CCN(CC)C(C)CN1c2ccccc2Sc2ccccc21.CN1[C@@H]2CC[C@H]1CC(OC(=O)[C@H](CO)c1ccccc1)C2.Cl. The summed E-state index contributed by atoms with van der Waals surface area (Å²) in [6, 6.07) is 28.5. The number of carbonyl (C=O) groups is 1. The molecular weight excluding hydrogens is 590 g/mol. The first-order chi connectivity index (χ1) is 20.9. The number of piperidine rings is 1. The van der Waals surface area contributed by atoms with Gasteiger partial charge in [0.05, 0.1) is 18.0 Å². The van der Waals surface area contributed by atoms with Gasteiger partial charge in [0.1, 0.15) is 12.0 Å². The Morgan fingerprint density at radius 3 is 1.95 bits per heavy atom. The van der Waals surface area contributed by atoms with Gasteiger partial charge >= 0.3 is 5.97 Å². The van der Waals surface area contributed by atoms with Crippen molar-refractivity contribution in [3.05, 3.63) is 84.4 Å². The summed E-state index contributed by atoms with van der Waals surface area (Å²) in [4.78, 5) is 22.5. The topological polar surface area (TPSA) is 56.2 Å². The molecule has 2 saturated heterocycles. The second-order valence-corrected chi connectivity index (χ2v) is 13.0. The molecule has 6 nitrogen and oxygen atoms in total. The highest BCUT2D eigenvalue weighted by Crippen LogP contribution is 2.48. The van der Waals surface area contributed by atoms with Crippen LogP contribution in [0.2, 0.25) is 0 Å². The van der Waals surface area contributed by atoms with E-state index in [0.717, 1.165) is 38.0 Å². The summed E-state index contributed by atoms with van der Waals surface area (Å²) >= 11 is 1.88. The number of ether oxygens (including phenoxy) is 1. The number of carbonyl (C=O) groups excluding carboxylic acids is 1. The fraction of sp³-hybridized carbons (Fsp3) is 0.472. The molecule has 44 heavy (non-hydrogen) atoms. The van der Waals surface area contributed by atoms with Crippen molar-refractivity contribution in [2.24, 2.45) is 0 Å². The number of fused-ring (bicyclic) bond motifs is 4. The van der Waals surface area contributed by atoms with Gasteiger partial charge in [-0.05, 0) is 82.6 Å². The van der Waals surface area contributed by atoms with Crippen LogP contribution in [0.15, 0.2) is 88.7 Å². The van der Waals surface area contributed by atoms with Crippen LogP contribution in [0.3, 0.4) is 0 Å². The molecule has 0 saturated carbocycles. The normalized spacial score (nSPS) is 21.7. The smallest absolute Gasteiger partial charge is 0.316 e. The minimum absolute atomic E-state index is 0. The number of hydrogen-bond acceptors (Lipinski definition) is 7. The number of aliphatic hydroxyl groups is 1. The quantitative estimate of drug-likeness (QED) is 0.246. The molecule has 8 heteroatoms. The van der Waals surface area contributed by atoms with Crippen molar-refractivity contribution in [1.29, 1.82) is 0 Å². The van der Waals surface area contributed by atoms with E-state index in [2.05, 4.69) is 91.0 Å². The third-order valence-electron chi connectivity index (χ3n) is 9.42. The summed E-state index contributed by atoms with van der Waals surface area (Å²) in [5, 5.41) is 9.53. The molecule has 3 aliphatic rings. The number of esters is 1. The van der Waals surface area contributed by atoms with Crippen LogP contribution in [-0.2, 0) is 9.53 Å². The standard InChI is InChI=1S/C19H24N2S.C17H23NO3.ClH/c1-4-20(5-2)15(3)14-21-16-10-6-8-12-18(16)22-19-13-9-7-11-17(19)21;1-18-13-7-8-14(18)10-15(9-13)21-17(20)16(11-19)12-5-3-2-4-6-12;/h6-13,15H,4-5,14H2,1-3H3;2-6,13-16,19H,7-11H2,1H3;1H/t;13-,14+,15?,16-;/m.1./s1. The van der Waals surface area contributed by atoms with E-state index in [1.54, 1.807) is 0 Å². The number of aliphatic hydroxyl groups excluding tert-OH is 1. The van der Waals surface area contributed by atoms with Gasteiger partial charge < -0.3 is 19.6 Å². The number of benzene rings is 3. The molecule has 3 aromatic rings. The molecule has 2 fully saturated rings. The third kappa shape index (κ3) is 7.80. The summed E-state index contributed by atoms with van der Waals surface area (Å²) in [7, 11) is 2.17. The van der Waals surface area contributed by atoms with Gasteiger partial charge in [-0.1, -0.05) is 80.2 Å². The van der Waals surface area contributed by atoms with Crippen LogP contribution < -0.4 is 4.90 Å². The Kier molecular flexibility index (Phi) is 12.6. The molecule has 2 unspecified atom stereocenters. The van der Waals surface area contributed by atoms with Crippen LogP contribution in [0.4, 0.5) is 11.4 Å². The lowest BCUT2D eigenvalue weighted by Gasteiger charge is -2.37. The highest BCUT2D eigenvalue weighted by Gasteiger charge is 2.40. The van der Waals surface area contributed by atoms with E-state index in [9.17, 15) is 9.90 Å². The van der Waals surface area contributed by atoms with Gasteiger partial charge in [-0.2, -0.15) is 0 Å². The lowest BCUT2D eigenvalue weighted by molar-refractivity contribution is -0.155. The van der Waals surface area contributed by atoms with Crippen LogP contribution in [0.25, 0.3) is 0 Å². The summed E-state index contributed by atoms with van der Waals surface area (Å²) < 4.78 is 5.70. The molecule has 5 atom stereocenters. The van der Waals surface area contributed by atoms with E-state index in [-0.39, 0.29) is 31.1 Å². The van der Waals surface area contributed by atoms with Crippen molar-refractivity contribution in [1.82, 2.24) is 9.80 Å². The number of rotatable bonds is 9. The van der Waals surface area contributed by atoms with Gasteiger partial charge in [0.25, 0.3) is 0 Å². The Morgan fingerprint density at radius 2 is 1.43 bits per heavy atom. The maximum absolute atomic E-state index is 12.4. The number of nitrogens with zero attached hydrogens (tertiary/aromatic N) is 3. The molecule has 3 aliphatic heterocycles. The Bertz CT molecular complexity index is 1280. The predicted molar refractivity (Wildman–Crippen MR) is 184 cm³/mol. The molecule has 0 aromatic heterocycles. The third-order valence-corrected chi connectivity index (χ3v) is 10.6. The Morgan fingerprint density at radius 1 is 0.909 bits per heavy atom. The largest absolute Gasteiger partial charge is 0.462 e. The molecule has 0 amide bonds. The summed E-state index contributed by atoms with van der Waals surface area (Å²) in [6.45, 7) is 9.84. The molecule has 238 valence electrons. The molecule has 0 radical (unpaired) electrons. The highest BCUT2D eigenvalue weighted by atomic mass is 35.5. The molecule has 3 aromatic carbocycles. The number of anilines is 2. The Balaban J connectivity index is 0.000000197. The average Bonchev–Trinajstić information content (AvgIpc) is 3.22. The van der Waals surface area contributed by atoms with Crippen LogP contribution >= 0.6 is 24.2 Å². The van der Waals surface area contributed by atoms with Crippen LogP contribution in [0.5, 0.6) is 0 Å². The van der Waals surface area contributed by atoms with Crippen LogP contribution in [0.1, 0.15) is 57.9 Å². The van der Waals surface area contributed by atoms with E-state index < -0.39 is 5.92 Å². The lowest BCUT2D eigenvalue weighted by atomic mass is 9.98. The molecule has 6 rings (SSSR count). The first-order valence-corrected chi connectivity index (χ1v) is 16.7. The maximum Gasteiger partial charge on any atom is 0.316 e. The van der Waals surface area contributed by atoms with E-state index in [4.69, 9.17) is 4.74 Å².